The molecule has 160 valence electrons. The third-order valence-corrected chi connectivity index (χ3v) is 7.00. The smallest absolute Gasteiger partial charge is 0.225 e. The molecule has 2 saturated carbocycles. The van der Waals surface area contributed by atoms with Crippen LogP contribution < -0.4 is 10.2 Å². The molecule has 4 rings (SSSR count). The van der Waals surface area contributed by atoms with Crippen molar-refractivity contribution in [2.75, 3.05) is 43.1 Å². The number of amides is 1. The molecule has 3 fully saturated rings. The van der Waals surface area contributed by atoms with Crippen LogP contribution in [0.3, 0.4) is 0 Å². The van der Waals surface area contributed by atoms with Gasteiger partial charge in [-0.25, -0.2) is 0 Å². The van der Waals surface area contributed by atoms with Gasteiger partial charge in [-0.2, -0.15) is 0 Å². The van der Waals surface area contributed by atoms with Crippen LogP contribution in [-0.2, 0) is 9.53 Å². The van der Waals surface area contributed by atoms with E-state index >= 15 is 0 Å². The predicted octanol–water partition coefficient (Wildman–Crippen LogP) is 4.29. The van der Waals surface area contributed by atoms with Gasteiger partial charge in [-0.3, -0.25) is 9.69 Å². The van der Waals surface area contributed by atoms with Gasteiger partial charge in [-0.05, 0) is 68.7 Å². The third-order valence-electron chi connectivity index (χ3n) is 7.00. The minimum absolute atomic E-state index is 0.136. The summed E-state index contributed by atoms with van der Waals surface area (Å²) in [4.78, 5) is 17.6. The Labute approximate surface area is 175 Å². The molecule has 2 aliphatic carbocycles. The molecule has 0 atom stereocenters. The van der Waals surface area contributed by atoms with Crippen LogP contribution in [0.25, 0.3) is 0 Å². The maximum Gasteiger partial charge on any atom is 0.225 e. The van der Waals surface area contributed by atoms with Gasteiger partial charge in [0.2, 0.25) is 5.91 Å². The van der Waals surface area contributed by atoms with Crippen LogP contribution >= 0.6 is 0 Å². The summed E-state index contributed by atoms with van der Waals surface area (Å²) in [6.07, 6.45) is 9.92. The summed E-state index contributed by atoms with van der Waals surface area (Å²) in [5.41, 5.74) is 2.10. The Morgan fingerprint density at radius 1 is 1.03 bits per heavy atom. The minimum atomic E-state index is 0.136. The number of ether oxygens (including phenoxy) is 1. The Morgan fingerprint density at radius 3 is 2.24 bits per heavy atom. The zero-order chi connectivity index (χ0) is 20.1. The Balaban J connectivity index is 1.24. The van der Waals surface area contributed by atoms with Gasteiger partial charge < -0.3 is 15.0 Å². The van der Waals surface area contributed by atoms with E-state index in [0.717, 1.165) is 50.5 Å². The molecular weight excluding hydrogens is 362 g/mol. The van der Waals surface area contributed by atoms with Gasteiger partial charge in [0.15, 0.2) is 0 Å². The van der Waals surface area contributed by atoms with Crippen molar-refractivity contribution in [1.82, 2.24) is 4.90 Å². The monoisotopic (exact) mass is 399 g/mol. The van der Waals surface area contributed by atoms with Crippen LogP contribution in [0.15, 0.2) is 24.3 Å². The first-order chi connectivity index (χ1) is 14.2. The quantitative estimate of drug-likeness (QED) is 0.708. The second-order valence-corrected chi connectivity index (χ2v) is 9.00. The van der Waals surface area contributed by atoms with Crippen molar-refractivity contribution in [2.45, 2.75) is 70.4 Å². The number of carbonyl (C=O) groups is 1. The van der Waals surface area contributed by atoms with Crippen molar-refractivity contribution in [3.8, 4) is 0 Å². The number of nitrogens with zero attached hydrogens (tertiary/aromatic N) is 2. The SMILES string of the molecule is CCC1CCC(N(CCC(=O)Nc2ccc(N3CCOCC3)cc2)C2CC2)CC1. The maximum absolute atomic E-state index is 12.6. The average molecular weight is 400 g/mol. The first-order valence-corrected chi connectivity index (χ1v) is 11.7. The van der Waals surface area contributed by atoms with Crippen LogP contribution in [0, 0.1) is 5.92 Å². The summed E-state index contributed by atoms with van der Waals surface area (Å²) in [5, 5.41) is 3.10. The predicted molar refractivity (Wildman–Crippen MR) is 118 cm³/mol. The van der Waals surface area contributed by atoms with Gasteiger partial charge in [0, 0.05) is 49.5 Å². The fraction of sp³-hybridized carbons (Fsp3) is 0.708. The van der Waals surface area contributed by atoms with Gasteiger partial charge in [0.25, 0.3) is 0 Å². The standard InChI is InChI=1S/C24H37N3O2/c1-2-19-3-7-22(8-4-19)27(23-11-12-23)14-13-24(28)25-20-5-9-21(10-6-20)26-15-17-29-18-16-26/h5-6,9-10,19,22-23H,2-4,7-8,11-18H2,1H3,(H,25,28). The number of carbonyl (C=O) groups excluding carboxylic acids is 1. The lowest BCUT2D eigenvalue weighted by Crippen LogP contribution is -2.41. The Morgan fingerprint density at radius 2 is 1.66 bits per heavy atom. The molecule has 3 aliphatic rings. The third kappa shape index (κ3) is 5.73. The molecule has 1 saturated heterocycles. The minimum Gasteiger partial charge on any atom is -0.378 e. The second-order valence-electron chi connectivity index (χ2n) is 9.00. The molecule has 1 aliphatic heterocycles. The molecule has 1 amide bonds. The second kappa shape index (κ2) is 9.94. The number of hydrogen-bond donors (Lipinski definition) is 1. The fourth-order valence-corrected chi connectivity index (χ4v) is 4.99. The molecule has 0 radical (unpaired) electrons. The van der Waals surface area contributed by atoms with Gasteiger partial charge in [0.05, 0.1) is 13.2 Å². The molecular formula is C24H37N3O2. The van der Waals surface area contributed by atoms with E-state index < -0.39 is 0 Å². The van der Waals surface area contributed by atoms with E-state index in [1.165, 1.54) is 50.6 Å². The van der Waals surface area contributed by atoms with Crippen LogP contribution in [0.4, 0.5) is 11.4 Å². The number of anilines is 2. The zero-order valence-electron chi connectivity index (χ0n) is 17.9. The Bertz CT molecular complexity index is 645. The van der Waals surface area contributed by atoms with Crippen molar-refractivity contribution < 1.29 is 9.53 Å². The molecule has 0 bridgehead atoms. The fourth-order valence-electron chi connectivity index (χ4n) is 4.99. The lowest BCUT2D eigenvalue weighted by Gasteiger charge is -2.37. The lowest BCUT2D eigenvalue weighted by atomic mass is 9.84. The van der Waals surface area contributed by atoms with Crippen molar-refractivity contribution in [2.24, 2.45) is 5.92 Å². The van der Waals surface area contributed by atoms with E-state index in [1.807, 2.05) is 12.1 Å². The molecule has 5 heteroatoms. The van der Waals surface area contributed by atoms with Gasteiger partial charge in [-0.1, -0.05) is 13.3 Å². The number of morpholine rings is 1. The summed E-state index contributed by atoms with van der Waals surface area (Å²) in [7, 11) is 0. The summed E-state index contributed by atoms with van der Waals surface area (Å²) < 4.78 is 5.42. The molecule has 0 spiro atoms. The molecule has 1 heterocycles. The van der Waals surface area contributed by atoms with Crippen molar-refractivity contribution in [1.29, 1.82) is 0 Å². The van der Waals surface area contributed by atoms with Crippen LogP contribution in [-0.4, -0.2) is 55.7 Å². The topological polar surface area (TPSA) is 44.8 Å². The molecule has 1 aromatic rings. The number of nitrogens with one attached hydrogen (secondary N) is 1. The molecule has 5 nitrogen and oxygen atoms in total. The normalized spacial score (nSPS) is 25.2. The highest BCUT2D eigenvalue weighted by molar-refractivity contribution is 5.91. The highest BCUT2D eigenvalue weighted by Crippen LogP contribution is 2.36. The molecule has 1 N–H and O–H groups in total. The van der Waals surface area contributed by atoms with Crippen LogP contribution in [0.1, 0.15) is 58.3 Å². The van der Waals surface area contributed by atoms with Crippen molar-refractivity contribution in [3.05, 3.63) is 24.3 Å². The first kappa shape index (κ1) is 20.7. The lowest BCUT2D eigenvalue weighted by molar-refractivity contribution is -0.116. The summed E-state index contributed by atoms with van der Waals surface area (Å²) in [5.74, 6) is 1.06. The molecule has 0 unspecified atom stereocenters. The summed E-state index contributed by atoms with van der Waals surface area (Å²) in [6, 6.07) is 9.68. The zero-order valence-corrected chi connectivity index (χ0v) is 17.9. The van der Waals surface area contributed by atoms with Crippen molar-refractivity contribution in [3.63, 3.8) is 0 Å². The average Bonchev–Trinajstić information content (AvgIpc) is 3.61. The van der Waals surface area contributed by atoms with E-state index in [1.54, 1.807) is 0 Å². The first-order valence-electron chi connectivity index (χ1n) is 11.7. The van der Waals surface area contributed by atoms with Crippen molar-refractivity contribution >= 4 is 17.3 Å². The van der Waals surface area contributed by atoms with Crippen LogP contribution in [0.5, 0.6) is 0 Å². The largest absolute Gasteiger partial charge is 0.378 e. The van der Waals surface area contributed by atoms with E-state index in [4.69, 9.17) is 4.74 Å². The molecule has 0 aromatic heterocycles. The molecule has 1 aromatic carbocycles. The highest BCUT2D eigenvalue weighted by Gasteiger charge is 2.35. The van der Waals surface area contributed by atoms with E-state index in [2.05, 4.69) is 34.2 Å². The number of hydrogen-bond acceptors (Lipinski definition) is 4. The maximum atomic E-state index is 12.6. The van der Waals surface area contributed by atoms with Gasteiger partial charge in [0.1, 0.15) is 0 Å². The Hall–Kier alpha value is -1.59. The van der Waals surface area contributed by atoms with E-state index in [-0.39, 0.29) is 5.91 Å². The van der Waals surface area contributed by atoms with Crippen LogP contribution in [0.2, 0.25) is 0 Å². The molecule has 29 heavy (non-hydrogen) atoms. The van der Waals surface area contributed by atoms with E-state index in [0.29, 0.717) is 12.5 Å². The highest BCUT2D eigenvalue weighted by atomic mass is 16.5. The summed E-state index contributed by atoms with van der Waals surface area (Å²) in [6.45, 7) is 6.67. The van der Waals surface area contributed by atoms with Gasteiger partial charge in [-0.15, -0.1) is 0 Å². The van der Waals surface area contributed by atoms with Gasteiger partial charge >= 0.3 is 0 Å². The number of rotatable bonds is 8. The Kier molecular flexibility index (Phi) is 7.09. The van der Waals surface area contributed by atoms with E-state index in [9.17, 15) is 4.79 Å². The number of benzene rings is 1. The summed E-state index contributed by atoms with van der Waals surface area (Å²) >= 11 is 0.